The van der Waals surface area contributed by atoms with Gasteiger partial charge in [-0.15, -0.1) is 0 Å². The van der Waals surface area contributed by atoms with Crippen LogP contribution in [0.2, 0.25) is 0 Å². The average molecular weight is 237 g/mol. The second-order valence-corrected chi connectivity index (χ2v) is 3.16. The molecule has 1 aromatic carbocycles. The molecule has 6 nitrogen and oxygen atoms in total. The number of aromatic nitrogens is 2. The normalized spacial score (nSPS) is 10.2. The Morgan fingerprint density at radius 2 is 2.35 bits per heavy atom. The van der Waals surface area contributed by atoms with Gasteiger partial charge in [-0.3, -0.25) is 4.79 Å². The Morgan fingerprint density at radius 1 is 1.53 bits per heavy atom. The molecule has 0 atom stereocenters. The van der Waals surface area contributed by atoms with Gasteiger partial charge in [0.2, 0.25) is 6.39 Å². The van der Waals surface area contributed by atoms with E-state index in [1.807, 2.05) is 0 Å². The first kappa shape index (κ1) is 11.1. The fourth-order valence-electron chi connectivity index (χ4n) is 1.26. The second kappa shape index (κ2) is 4.60. The van der Waals surface area contributed by atoms with E-state index in [9.17, 15) is 14.3 Å². The van der Waals surface area contributed by atoms with E-state index >= 15 is 0 Å². The average Bonchev–Trinajstić information content (AvgIpc) is 2.79. The van der Waals surface area contributed by atoms with Crippen molar-refractivity contribution in [3.05, 3.63) is 41.8 Å². The van der Waals surface area contributed by atoms with Crippen LogP contribution in [0.25, 0.3) is 0 Å². The predicted molar refractivity (Wildman–Crippen MR) is 53.5 cm³/mol. The molecule has 2 aromatic rings. The summed E-state index contributed by atoms with van der Waals surface area (Å²) in [4.78, 5) is 15.3. The fourth-order valence-corrected chi connectivity index (χ4v) is 1.26. The van der Waals surface area contributed by atoms with Gasteiger partial charge in [0.05, 0.1) is 6.54 Å². The van der Waals surface area contributed by atoms with Crippen molar-refractivity contribution in [2.75, 3.05) is 0 Å². The fraction of sp³-hybridized carbons (Fsp3) is 0.100. The molecule has 0 bridgehead atoms. The van der Waals surface area contributed by atoms with Crippen molar-refractivity contribution in [3.63, 3.8) is 0 Å². The van der Waals surface area contributed by atoms with Gasteiger partial charge in [0.1, 0.15) is 17.1 Å². The molecule has 0 radical (unpaired) electrons. The topological polar surface area (TPSA) is 88.3 Å². The number of amides is 1. The van der Waals surface area contributed by atoms with Gasteiger partial charge in [0.25, 0.3) is 5.91 Å². The van der Waals surface area contributed by atoms with E-state index in [2.05, 4.69) is 20.0 Å². The number of carbonyl (C=O) groups is 1. The third-order valence-corrected chi connectivity index (χ3v) is 2.03. The Bertz CT molecular complexity index is 507. The molecule has 2 rings (SSSR count). The van der Waals surface area contributed by atoms with Gasteiger partial charge in [-0.25, -0.2) is 4.39 Å². The summed E-state index contributed by atoms with van der Waals surface area (Å²) in [6.07, 6.45) is 1.11. The number of rotatable bonds is 3. The monoisotopic (exact) mass is 237 g/mol. The molecule has 1 heterocycles. The SMILES string of the molecule is O=C(NCc1ncon1)c1c(O)cccc1F. The molecular formula is C10H8FN3O3. The Hall–Kier alpha value is -2.44. The van der Waals surface area contributed by atoms with Crippen LogP contribution in [-0.4, -0.2) is 21.2 Å². The van der Waals surface area contributed by atoms with Gasteiger partial charge in [0.15, 0.2) is 5.82 Å². The Morgan fingerprint density at radius 3 is 3.00 bits per heavy atom. The van der Waals surface area contributed by atoms with Crippen molar-refractivity contribution in [2.45, 2.75) is 6.54 Å². The third kappa shape index (κ3) is 2.39. The molecule has 1 amide bonds. The highest BCUT2D eigenvalue weighted by molar-refractivity contribution is 5.96. The molecule has 88 valence electrons. The molecular weight excluding hydrogens is 229 g/mol. The maximum absolute atomic E-state index is 13.3. The van der Waals surface area contributed by atoms with Crippen LogP contribution >= 0.6 is 0 Å². The first-order valence-electron chi connectivity index (χ1n) is 4.69. The number of phenols is 1. The number of hydrogen-bond donors (Lipinski definition) is 2. The van der Waals surface area contributed by atoms with Crippen molar-refractivity contribution in [1.29, 1.82) is 0 Å². The van der Waals surface area contributed by atoms with E-state index in [0.717, 1.165) is 12.5 Å². The maximum Gasteiger partial charge on any atom is 0.258 e. The summed E-state index contributed by atoms with van der Waals surface area (Å²) < 4.78 is 17.8. The number of hydrogen-bond acceptors (Lipinski definition) is 5. The summed E-state index contributed by atoms with van der Waals surface area (Å²) in [5.74, 6) is -1.70. The van der Waals surface area contributed by atoms with Crippen molar-refractivity contribution < 1.29 is 18.8 Å². The lowest BCUT2D eigenvalue weighted by molar-refractivity contribution is 0.0942. The van der Waals surface area contributed by atoms with Gasteiger partial charge in [-0.05, 0) is 12.1 Å². The van der Waals surface area contributed by atoms with Crippen LogP contribution in [0.1, 0.15) is 16.2 Å². The molecule has 0 fully saturated rings. The highest BCUT2D eigenvalue weighted by atomic mass is 19.1. The second-order valence-electron chi connectivity index (χ2n) is 3.16. The van der Waals surface area contributed by atoms with Crippen LogP contribution in [0.3, 0.4) is 0 Å². The summed E-state index contributed by atoms with van der Waals surface area (Å²) in [7, 11) is 0. The summed E-state index contributed by atoms with van der Waals surface area (Å²) in [6, 6.07) is 3.62. The first-order chi connectivity index (χ1) is 8.18. The van der Waals surface area contributed by atoms with Crippen LogP contribution in [0.4, 0.5) is 4.39 Å². The van der Waals surface area contributed by atoms with Crippen molar-refractivity contribution in [3.8, 4) is 5.75 Å². The molecule has 0 saturated carbocycles. The third-order valence-electron chi connectivity index (χ3n) is 2.03. The van der Waals surface area contributed by atoms with Crippen LogP contribution in [-0.2, 0) is 6.54 Å². The molecule has 7 heteroatoms. The number of halogens is 1. The number of phenolic OH excluding ortho intramolecular Hbond substituents is 1. The van der Waals surface area contributed by atoms with Crippen LogP contribution in [0.15, 0.2) is 29.1 Å². The standard InChI is InChI=1S/C10H8FN3O3/c11-6-2-1-3-7(15)9(6)10(16)12-4-8-13-5-17-14-8/h1-3,5,15H,4H2,(H,12,16). The largest absolute Gasteiger partial charge is 0.507 e. The molecule has 0 saturated heterocycles. The summed E-state index contributed by atoms with van der Waals surface area (Å²) in [5, 5.41) is 15.2. The van der Waals surface area contributed by atoms with Gasteiger partial charge < -0.3 is 14.9 Å². The van der Waals surface area contributed by atoms with Gasteiger partial charge in [-0.1, -0.05) is 11.2 Å². The highest BCUT2D eigenvalue weighted by Crippen LogP contribution is 2.19. The van der Waals surface area contributed by atoms with Gasteiger partial charge >= 0.3 is 0 Å². The lowest BCUT2D eigenvalue weighted by Crippen LogP contribution is -2.24. The molecule has 0 aliphatic carbocycles. The van der Waals surface area contributed by atoms with E-state index in [1.165, 1.54) is 12.1 Å². The molecule has 0 aliphatic heterocycles. The number of nitrogens with zero attached hydrogens (tertiary/aromatic N) is 2. The number of aromatic hydroxyl groups is 1. The van der Waals surface area contributed by atoms with E-state index in [4.69, 9.17) is 0 Å². The van der Waals surface area contributed by atoms with E-state index in [1.54, 1.807) is 0 Å². The van der Waals surface area contributed by atoms with E-state index in [0.29, 0.717) is 0 Å². The number of nitrogens with one attached hydrogen (secondary N) is 1. The quantitative estimate of drug-likeness (QED) is 0.825. The lowest BCUT2D eigenvalue weighted by atomic mass is 10.1. The van der Waals surface area contributed by atoms with Crippen LogP contribution in [0.5, 0.6) is 5.75 Å². The van der Waals surface area contributed by atoms with Gasteiger partial charge in [-0.2, -0.15) is 4.98 Å². The molecule has 0 unspecified atom stereocenters. The molecule has 1 aromatic heterocycles. The number of benzene rings is 1. The van der Waals surface area contributed by atoms with Crippen molar-refractivity contribution in [1.82, 2.24) is 15.5 Å². The smallest absolute Gasteiger partial charge is 0.258 e. The minimum Gasteiger partial charge on any atom is -0.507 e. The summed E-state index contributed by atoms with van der Waals surface area (Å²) in [5.41, 5.74) is -0.406. The minimum atomic E-state index is -0.796. The zero-order valence-electron chi connectivity index (χ0n) is 8.55. The van der Waals surface area contributed by atoms with E-state index < -0.39 is 23.0 Å². The van der Waals surface area contributed by atoms with Gasteiger partial charge in [0, 0.05) is 0 Å². The minimum absolute atomic E-state index is 0.0108. The van der Waals surface area contributed by atoms with Crippen molar-refractivity contribution >= 4 is 5.91 Å². The van der Waals surface area contributed by atoms with E-state index in [-0.39, 0.29) is 12.4 Å². The lowest BCUT2D eigenvalue weighted by Gasteiger charge is -2.05. The molecule has 17 heavy (non-hydrogen) atoms. The predicted octanol–water partition coefficient (Wildman–Crippen LogP) is 0.844. The molecule has 2 N–H and O–H groups in total. The Labute approximate surface area is 95.1 Å². The van der Waals surface area contributed by atoms with Crippen LogP contribution in [0, 0.1) is 5.82 Å². The Balaban J connectivity index is 2.10. The molecule has 0 spiro atoms. The van der Waals surface area contributed by atoms with Crippen molar-refractivity contribution in [2.24, 2.45) is 0 Å². The first-order valence-corrected chi connectivity index (χ1v) is 4.69. The highest BCUT2D eigenvalue weighted by Gasteiger charge is 2.16. The summed E-state index contributed by atoms with van der Waals surface area (Å²) >= 11 is 0. The summed E-state index contributed by atoms with van der Waals surface area (Å²) in [6.45, 7) is -0.0108. The molecule has 0 aliphatic rings. The maximum atomic E-state index is 13.3. The zero-order chi connectivity index (χ0) is 12.3. The number of carbonyl (C=O) groups excluding carboxylic acids is 1. The van der Waals surface area contributed by atoms with Crippen LogP contribution < -0.4 is 5.32 Å². The Kier molecular flexibility index (Phi) is 2.99. The zero-order valence-corrected chi connectivity index (χ0v) is 8.55.